The molecular formula is C7H12N2O3S. The Bertz CT molecular complexity index is 321. The molecule has 2 rings (SSSR count). The minimum atomic E-state index is -3.14. The number of carbonyl (C=O) groups is 1. The molecular weight excluding hydrogens is 192 g/mol. The van der Waals surface area contributed by atoms with Gasteiger partial charge in [0.05, 0.1) is 5.25 Å². The van der Waals surface area contributed by atoms with Crippen molar-refractivity contribution in [3.8, 4) is 0 Å². The number of nitrogens with one attached hydrogen (secondary N) is 2. The lowest BCUT2D eigenvalue weighted by molar-refractivity contribution is -0.119. The van der Waals surface area contributed by atoms with E-state index in [0.717, 1.165) is 12.8 Å². The van der Waals surface area contributed by atoms with Crippen molar-refractivity contribution in [1.82, 2.24) is 10.0 Å². The van der Waals surface area contributed by atoms with E-state index in [1.807, 2.05) is 0 Å². The van der Waals surface area contributed by atoms with Gasteiger partial charge in [0.1, 0.15) is 0 Å². The van der Waals surface area contributed by atoms with Crippen molar-refractivity contribution in [2.75, 3.05) is 6.54 Å². The number of hydrogen-bond donors (Lipinski definition) is 2. The average Bonchev–Trinajstić information content (AvgIpc) is 2.78. The van der Waals surface area contributed by atoms with Crippen molar-refractivity contribution in [1.29, 1.82) is 0 Å². The average molecular weight is 204 g/mol. The van der Waals surface area contributed by atoms with Gasteiger partial charge in [-0.2, -0.15) is 0 Å². The van der Waals surface area contributed by atoms with E-state index in [9.17, 15) is 13.2 Å². The molecule has 0 bridgehead atoms. The fourth-order valence-electron chi connectivity index (χ4n) is 1.40. The highest BCUT2D eigenvalue weighted by atomic mass is 32.2. The third-order valence-electron chi connectivity index (χ3n) is 2.27. The summed E-state index contributed by atoms with van der Waals surface area (Å²) in [6, 6.07) is -0.238. The summed E-state index contributed by atoms with van der Waals surface area (Å²) in [5, 5.41) is 2.38. The summed E-state index contributed by atoms with van der Waals surface area (Å²) in [6.07, 6.45) is 1.78. The monoisotopic (exact) mass is 204 g/mol. The van der Waals surface area contributed by atoms with Crippen LogP contribution in [0.5, 0.6) is 0 Å². The van der Waals surface area contributed by atoms with Crippen molar-refractivity contribution in [3.05, 3.63) is 0 Å². The second-order valence-electron chi connectivity index (χ2n) is 3.57. The number of carbonyl (C=O) groups excluding carboxylic acids is 1. The van der Waals surface area contributed by atoms with Crippen molar-refractivity contribution in [3.63, 3.8) is 0 Å². The maximum Gasteiger partial charge on any atom is 0.221 e. The van der Waals surface area contributed by atoms with Crippen molar-refractivity contribution in [2.24, 2.45) is 0 Å². The van der Waals surface area contributed by atoms with E-state index in [1.165, 1.54) is 0 Å². The molecule has 0 aromatic rings. The van der Waals surface area contributed by atoms with Gasteiger partial charge in [0.15, 0.2) is 0 Å². The Hall–Kier alpha value is -0.620. The third kappa shape index (κ3) is 2.00. The molecule has 74 valence electrons. The highest BCUT2D eigenvalue weighted by Crippen LogP contribution is 2.27. The molecule has 1 atom stereocenters. The van der Waals surface area contributed by atoms with Crippen LogP contribution in [0.15, 0.2) is 0 Å². The SMILES string of the molecule is O=C1CC(NS(=O)(=O)C2CC2)CN1. The first-order valence-corrected chi connectivity index (χ1v) is 5.90. The van der Waals surface area contributed by atoms with E-state index in [-0.39, 0.29) is 23.6 Å². The second kappa shape index (κ2) is 2.95. The first-order chi connectivity index (χ1) is 6.08. The van der Waals surface area contributed by atoms with Gasteiger partial charge in [0.2, 0.25) is 15.9 Å². The van der Waals surface area contributed by atoms with Crippen LogP contribution >= 0.6 is 0 Å². The normalized spacial score (nSPS) is 28.9. The van der Waals surface area contributed by atoms with Gasteiger partial charge in [-0.05, 0) is 12.8 Å². The minimum absolute atomic E-state index is 0.0801. The topological polar surface area (TPSA) is 75.3 Å². The largest absolute Gasteiger partial charge is 0.354 e. The van der Waals surface area contributed by atoms with Crippen molar-refractivity contribution in [2.45, 2.75) is 30.6 Å². The summed E-state index contributed by atoms with van der Waals surface area (Å²) in [6.45, 7) is 0.421. The lowest BCUT2D eigenvalue weighted by atomic mass is 10.3. The highest BCUT2D eigenvalue weighted by Gasteiger charge is 2.38. The van der Waals surface area contributed by atoms with Gasteiger partial charge >= 0.3 is 0 Å². The maximum atomic E-state index is 11.4. The molecule has 0 radical (unpaired) electrons. The smallest absolute Gasteiger partial charge is 0.221 e. The fourth-order valence-corrected chi connectivity index (χ4v) is 2.98. The second-order valence-corrected chi connectivity index (χ2v) is 5.56. The molecule has 1 saturated carbocycles. The van der Waals surface area contributed by atoms with Gasteiger partial charge in [0, 0.05) is 19.0 Å². The van der Waals surface area contributed by atoms with Crippen molar-refractivity contribution >= 4 is 15.9 Å². The van der Waals surface area contributed by atoms with Crippen LogP contribution in [0.1, 0.15) is 19.3 Å². The van der Waals surface area contributed by atoms with E-state index in [0.29, 0.717) is 6.54 Å². The molecule has 0 aromatic carbocycles. The van der Waals surface area contributed by atoms with E-state index in [2.05, 4.69) is 10.0 Å². The number of amides is 1. The van der Waals surface area contributed by atoms with E-state index >= 15 is 0 Å². The van der Waals surface area contributed by atoms with Gasteiger partial charge in [0.25, 0.3) is 0 Å². The van der Waals surface area contributed by atoms with Crippen LogP contribution in [0.2, 0.25) is 0 Å². The Balaban J connectivity index is 1.94. The highest BCUT2D eigenvalue weighted by molar-refractivity contribution is 7.90. The van der Waals surface area contributed by atoms with Crippen LogP contribution < -0.4 is 10.0 Å². The first kappa shape index (κ1) is 8.96. The third-order valence-corrected chi connectivity index (χ3v) is 4.28. The molecule has 1 unspecified atom stereocenters. The lowest BCUT2D eigenvalue weighted by Gasteiger charge is -2.09. The van der Waals surface area contributed by atoms with E-state index < -0.39 is 10.0 Å². The van der Waals surface area contributed by atoms with Crippen LogP contribution in [0.4, 0.5) is 0 Å². The van der Waals surface area contributed by atoms with Gasteiger partial charge in [-0.15, -0.1) is 0 Å². The van der Waals surface area contributed by atoms with Crippen molar-refractivity contribution < 1.29 is 13.2 Å². The molecule has 1 amide bonds. The molecule has 13 heavy (non-hydrogen) atoms. The Morgan fingerprint density at radius 1 is 1.38 bits per heavy atom. The molecule has 2 aliphatic rings. The molecule has 1 heterocycles. The number of sulfonamides is 1. The summed E-state index contributed by atoms with van der Waals surface area (Å²) in [7, 11) is -3.14. The Labute approximate surface area is 76.9 Å². The molecule has 5 nitrogen and oxygen atoms in total. The maximum absolute atomic E-state index is 11.4. The molecule has 1 saturated heterocycles. The minimum Gasteiger partial charge on any atom is -0.354 e. The summed E-state index contributed by atoms with van der Waals surface area (Å²) >= 11 is 0. The van der Waals surface area contributed by atoms with Crippen LogP contribution in [-0.4, -0.2) is 32.2 Å². The summed E-state index contributed by atoms with van der Waals surface area (Å²) in [5.74, 6) is -0.0801. The molecule has 0 spiro atoms. The predicted octanol–water partition coefficient (Wildman–Crippen LogP) is -1.04. The Morgan fingerprint density at radius 2 is 2.08 bits per heavy atom. The van der Waals surface area contributed by atoms with Gasteiger partial charge in [-0.1, -0.05) is 0 Å². The van der Waals surface area contributed by atoms with Crippen LogP contribution in [0, 0.1) is 0 Å². The molecule has 1 aliphatic carbocycles. The molecule has 2 fully saturated rings. The Morgan fingerprint density at radius 3 is 2.54 bits per heavy atom. The number of rotatable bonds is 3. The van der Waals surface area contributed by atoms with Gasteiger partial charge in [-0.3, -0.25) is 4.79 Å². The molecule has 6 heteroatoms. The Kier molecular flexibility index (Phi) is 2.03. The van der Waals surface area contributed by atoms with Gasteiger partial charge in [-0.25, -0.2) is 13.1 Å². The van der Waals surface area contributed by atoms with Crippen LogP contribution in [-0.2, 0) is 14.8 Å². The fraction of sp³-hybridized carbons (Fsp3) is 0.857. The van der Waals surface area contributed by atoms with E-state index in [1.54, 1.807) is 0 Å². The molecule has 0 aromatic heterocycles. The zero-order valence-electron chi connectivity index (χ0n) is 7.12. The zero-order chi connectivity index (χ0) is 9.47. The quantitative estimate of drug-likeness (QED) is 0.616. The zero-order valence-corrected chi connectivity index (χ0v) is 7.93. The molecule has 1 aliphatic heterocycles. The standard InChI is InChI=1S/C7H12N2O3S/c10-7-3-5(4-8-7)9-13(11,12)6-1-2-6/h5-6,9H,1-4H2,(H,8,10). The summed E-state index contributed by atoms with van der Waals surface area (Å²) in [5.41, 5.74) is 0. The summed E-state index contributed by atoms with van der Waals surface area (Å²) < 4.78 is 25.3. The molecule has 2 N–H and O–H groups in total. The predicted molar refractivity (Wildman–Crippen MR) is 46.5 cm³/mol. The van der Waals surface area contributed by atoms with E-state index in [4.69, 9.17) is 0 Å². The number of hydrogen-bond acceptors (Lipinski definition) is 3. The van der Waals surface area contributed by atoms with Crippen LogP contribution in [0.3, 0.4) is 0 Å². The van der Waals surface area contributed by atoms with Crippen LogP contribution in [0.25, 0.3) is 0 Å². The van der Waals surface area contributed by atoms with Gasteiger partial charge < -0.3 is 5.32 Å². The summed E-state index contributed by atoms with van der Waals surface area (Å²) in [4.78, 5) is 10.8. The lowest BCUT2D eigenvalue weighted by Crippen LogP contribution is -2.38. The first-order valence-electron chi connectivity index (χ1n) is 4.36.